The highest BCUT2D eigenvalue weighted by atomic mass is 32.1. The number of rotatable bonds is 15. The molecule has 3 aromatic rings. The minimum Gasteiger partial charge on any atom is -0.493 e. The van der Waals surface area contributed by atoms with Gasteiger partial charge in [-0.25, -0.2) is 0 Å². The molecule has 5 heteroatoms. The Morgan fingerprint density at radius 1 is 0.581 bits per heavy atom. The Hall–Kier alpha value is -4.31. The van der Waals surface area contributed by atoms with E-state index >= 15 is 0 Å². The highest BCUT2D eigenvalue weighted by Gasteiger charge is 2.12. The van der Waals surface area contributed by atoms with E-state index in [1.54, 1.807) is 0 Å². The standard InChI is InChI=1S/C38H40O4S/c1-5-39-35-23-31(24-36(40-6-2)33(35)21-19-28-11-9-10-12-28)18-17-29-13-15-30(16-14-29)20-22-34-37(41-7-3)25-32(27-43)26-38(34)42-8-4/h9-11,13-26,43H,5-8,27H2,1-4H3/b18-17+,21-19+,22-20+. The van der Waals surface area contributed by atoms with E-state index in [2.05, 4.69) is 79.1 Å². The summed E-state index contributed by atoms with van der Waals surface area (Å²) in [5, 5.41) is 0. The van der Waals surface area contributed by atoms with E-state index in [9.17, 15) is 0 Å². The molecule has 222 valence electrons. The monoisotopic (exact) mass is 592 g/mol. The summed E-state index contributed by atoms with van der Waals surface area (Å²) in [6, 6.07) is 16.6. The molecule has 0 bridgehead atoms. The maximum absolute atomic E-state index is 6.02. The second-order valence-corrected chi connectivity index (χ2v) is 9.94. The second kappa shape index (κ2) is 16.4. The average molecular weight is 593 g/mol. The number of hydrogen-bond donors (Lipinski definition) is 1. The van der Waals surface area contributed by atoms with Crippen molar-refractivity contribution in [3.05, 3.63) is 118 Å². The number of benzene rings is 3. The number of ether oxygens (including phenoxy) is 4. The average Bonchev–Trinajstić information content (AvgIpc) is 3.54. The van der Waals surface area contributed by atoms with Crippen LogP contribution in [0.5, 0.6) is 23.0 Å². The van der Waals surface area contributed by atoms with Crippen LogP contribution in [0, 0.1) is 0 Å². The van der Waals surface area contributed by atoms with Gasteiger partial charge in [0.1, 0.15) is 23.0 Å². The smallest absolute Gasteiger partial charge is 0.130 e. The second-order valence-electron chi connectivity index (χ2n) is 9.62. The molecule has 0 radical (unpaired) electrons. The first-order chi connectivity index (χ1) is 21.1. The lowest BCUT2D eigenvalue weighted by atomic mass is 10.0. The van der Waals surface area contributed by atoms with Crippen LogP contribution in [0.1, 0.15) is 61.1 Å². The normalized spacial score (nSPS) is 12.5. The van der Waals surface area contributed by atoms with E-state index in [0.717, 1.165) is 62.0 Å². The summed E-state index contributed by atoms with van der Waals surface area (Å²) in [7, 11) is 0. The zero-order valence-electron chi connectivity index (χ0n) is 25.4. The Morgan fingerprint density at radius 3 is 1.47 bits per heavy atom. The van der Waals surface area contributed by atoms with Crippen molar-refractivity contribution in [2.24, 2.45) is 0 Å². The Kier molecular flexibility index (Phi) is 12.0. The summed E-state index contributed by atoms with van der Waals surface area (Å²) in [5.74, 6) is 3.80. The van der Waals surface area contributed by atoms with Gasteiger partial charge in [0.25, 0.3) is 0 Å². The van der Waals surface area contributed by atoms with Crippen LogP contribution in [-0.2, 0) is 5.75 Å². The van der Waals surface area contributed by atoms with Crippen LogP contribution >= 0.6 is 12.6 Å². The molecule has 0 atom stereocenters. The van der Waals surface area contributed by atoms with Crippen molar-refractivity contribution in [2.45, 2.75) is 33.4 Å². The van der Waals surface area contributed by atoms with Gasteiger partial charge < -0.3 is 18.9 Å². The van der Waals surface area contributed by atoms with Gasteiger partial charge in [0.05, 0.1) is 37.6 Å². The van der Waals surface area contributed by atoms with Crippen molar-refractivity contribution in [1.82, 2.24) is 0 Å². The van der Waals surface area contributed by atoms with Gasteiger partial charge in [0, 0.05) is 11.3 Å². The molecule has 0 N–H and O–H groups in total. The van der Waals surface area contributed by atoms with Gasteiger partial charge in [-0.05, 0) is 105 Å². The Morgan fingerprint density at radius 2 is 1.02 bits per heavy atom. The van der Waals surface area contributed by atoms with Crippen LogP contribution < -0.4 is 18.9 Å². The highest BCUT2D eigenvalue weighted by molar-refractivity contribution is 7.79. The first kappa shape index (κ1) is 31.6. The molecule has 0 aliphatic heterocycles. The fourth-order valence-electron chi connectivity index (χ4n) is 4.60. The predicted molar refractivity (Wildman–Crippen MR) is 184 cm³/mol. The van der Waals surface area contributed by atoms with Crippen LogP contribution in [0.3, 0.4) is 0 Å². The lowest BCUT2D eigenvalue weighted by molar-refractivity contribution is 0.321. The molecule has 1 aliphatic rings. The lowest BCUT2D eigenvalue weighted by Crippen LogP contribution is -2.00. The number of hydrogen-bond acceptors (Lipinski definition) is 5. The maximum Gasteiger partial charge on any atom is 0.130 e. The third kappa shape index (κ3) is 8.84. The van der Waals surface area contributed by atoms with Crippen LogP contribution in [0.2, 0.25) is 0 Å². The number of allylic oxidation sites excluding steroid dienone is 4. The Balaban J connectivity index is 1.56. The van der Waals surface area contributed by atoms with Gasteiger partial charge in [-0.3, -0.25) is 0 Å². The van der Waals surface area contributed by atoms with Crippen LogP contribution in [0.15, 0.2) is 84.1 Å². The van der Waals surface area contributed by atoms with Crippen molar-refractivity contribution in [3.63, 3.8) is 0 Å². The molecule has 4 rings (SSSR count). The van der Waals surface area contributed by atoms with E-state index in [1.807, 2.05) is 70.2 Å². The van der Waals surface area contributed by atoms with Gasteiger partial charge in [-0.1, -0.05) is 48.6 Å². The number of thiol groups is 1. The molecule has 0 aromatic heterocycles. The summed E-state index contributed by atoms with van der Waals surface area (Å²) in [6.07, 6.45) is 18.3. The predicted octanol–water partition coefficient (Wildman–Crippen LogP) is 9.72. The SMILES string of the molecule is CCOc1cc(/C=C/c2ccc(/C=C/c3c(OCC)cc(CS)cc3OCC)cc2)cc(OCC)c1/C=C/C1=C=CC=C1. The Bertz CT molecular complexity index is 1510. The minimum absolute atomic E-state index is 0.564. The fourth-order valence-corrected chi connectivity index (χ4v) is 4.79. The van der Waals surface area contributed by atoms with E-state index < -0.39 is 0 Å². The summed E-state index contributed by atoms with van der Waals surface area (Å²) in [5.41, 5.74) is 10.3. The van der Waals surface area contributed by atoms with Crippen molar-refractivity contribution in [1.29, 1.82) is 0 Å². The zero-order chi connectivity index (χ0) is 30.4. The molecule has 1 aliphatic carbocycles. The van der Waals surface area contributed by atoms with Crippen molar-refractivity contribution in [3.8, 4) is 23.0 Å². The van der Waals surface area contributed by atoms with Crippen molar-refractivity contribution < 1.29 is 18.9 Å². The maximum atomic E-state index is 6.02. The van der Waals surface area contributed by atoms with Gasteiger partial charge in [-0.2, -0.15) is 12.6 Å². The van der Waals surface area contributed by atoms with E-state index in [4.69, 9.17) is 18.9 Å². The molecule has 0 spiro atoms. The minimum atomic E-state index is 0.564. The molecule has 0 unspecified atom stereocenters. The molecule has 43 heavy (non-hydrogen) atoms. The highest BCUT2D eigenvalue weighted by Crippen LogP contribution is 2.35. The van der Waals surface area contributed by atoms with Crippen molar-refractivity contribution >= 4 is 43.0 Å². The van der Waals surface area contributed by atoms with Crippen LogP contribution in [0.4, 0.5) is 0 Å². The first-order valence-electron chi connectivity index (χ1n) is 14.8. The van der Waals surface area contributed by atoms with Crippen LogP contribution in [0.25, 0.3) is 30.4 Å². The molecular weight excluding hydrogens is 552 g/mol. The van der Waals surface area contributed by atoms with Gasteiger partial charge >= 0.3 is 0 Å². The third-order valence-electron chi connectivity index (χ3n) is 6.57. The molecular formula is C38H40O4S. The summed E-state index contributed by atoms with van der Waals surface area (Å²) in [4.78, 5) is 0. The first-order valence-corrected chi connectivity index (χ1v) is 15.5. The molecule has 0 fully saturated rings. The Labute approximate surface area is 261 Å². The van der Waals surface area contributed by atoms with Gasteiger partial charge in [0.15, 0.2) is 0 Å². The summed E-state index contributed by atoms with van der Waals surface area (Å²) >= 11 is 4.44. The molecule has 0 saturated carbocycles. The third-order valence-corrected chi connectivity index (χ3v) is 6.94. The van der Waals surface area contributed by atoms with Crippen molar-refractivity contribution in [2.75, 3.05) is 26.4 Å². The lowest BCUT2D eigenvalue weighted by Gasteiger charge is -2.15. The molecule has 4 nitrogen and oxygen atoms in total. The molecule has 0 amide bonds. The zero-order valence-corrected chi connectivity index (χ0v) is 26.3. The van der Waals surface area contributed by atoms with Gasteiger partial charge in [0.2, 0.25) is 0 Å². The van der Waals surface area contributed by atoms with Crippen LogP contribution in [-0.4, -0.2) is 26.4 Å². The van der Waals surface area contributed by atoms with Gasteiger partial charge in [-0.15, -0.1) is 5.73 Å². The molecule has 0 saturated heterocycles. The van der Waals surface area contributed by atoms with E-state index in [0.29, 0.717) is 32.2 Å². The molecule has 3 aromatic carbocycles. The quantitative estimate of drug-likeness (QED) is 0.108. The van der Waals surface area contributed by atoms with E-state index in [1.165, 1.54) is 0 Å². The van der Waals surface area contributed by atoms with E-state index in [-0.39, 0.29) is 0 Å². The summed E-state index contributed by atoms with van der Waals surface area (Å²) in [6.45, 7) is 10.2. The molecule has 0 heterocycles. The largest absolute Gasteiger partial charge is 0.493 e. The summed E-state index contributed by atoms with van der Waals surface area (Å²) < 4.78 is 23.9. The topological polar surface area (TPSA) is 36.9 Å². The fraction of sp³-hybridized carbons (Fsp3) is 0.237.